The van der Waals surface area contributed by atoms with Crippen LogP contribution in [0.25, 0.3) is 76.9 Å². The quantitative estimate of drug-likeness (QED) is 0.211. The number of fused-ring (bicyclic) bond motifs is 8. The molecule has 9 aromatic rings. The summed E-state index contributed by atoms with van der Waals surface area (Å²) in [4.78, 5) is 0. The molecular weight excluding hydrogens is 508 g/mol. The van der Waals surface area contributed by atoms with E-state index in [0.717, 1.165) is 38.8 Å². The molecule has 0 aliphatic carbocycles. The molecule has 0 N–H and O–H groups in total. The van der Waals surface area contributed by atoms with Crippen LogP contribution in [0.15, 0.2) is 158 Å². The van der Waals surface area contributed by atoms with Crippen LogP contribution in [0.2, 0.25) is 0 Å². The van der Waals surface area contributed by atoms with Crippen molar-refractivity contribution >= 4 is 54.4 Å². The molecule has 0 fully saturated rings. The van der Waals surface area contributed by atoms with Crippen LogP contribution >= 0.6 is 0 Å². The second-order valence-electron chi connectivity index (χ2n) is 10.6. The number of nitrogens with zero attached hydrogens (tertiary/aromatic N) is 2. The van der Waals surface area contributed by atoms with Crippen molar-refractivity contribution in [3.63, 3.8) is 0 Å². The van der Waals surface area contributed by atoms with Crippen molar-refractivity contribution in [3.8, 4) is 22.5 Å². The Balaban J connectivity index is 1.31. The Hall–Kier alpha value is -5.60. The predicted molar refractivity (Wildman–Crippen MR) is 178 cm³/mol. The fourth-order valence-corrected chi connectivity index (χ4v) is 6.56. The number of rotatable bonds is 3. The molecule has 2 heterocycles. The second kappa shape index (κ2) is 8.95. The number of benzene rings is 7. The van der Waals surface area contributed by atoms with Crippen molar-refractivity contribution in [1.29, 1.82) is 0 Å². The molecule has 196 valence electrons. The Bertz CT molecular complexity index is 2710. The number of hydrogen-bond donors (Lipinski definition) is 0. The Morgan fingerprint density at radius 1 is 0.405 bits per heavy atom. The zero-order chi connectivity index (χ0) is 32.0. The van der Waals surface area contributed by atoms with E-state index in [4.69, 9.17) is 6.85 Å². The van der Waals surface area contributed by atoms with E-state index in [1.54, 1.807) is 0 Å². The van der Waals surface area contributed by atoms with Crippen LogP contribution in [-0.2, 0) is 0 Å². The highest BCUT2D eigenvalue weighted by atomic mass is 15.0. The van der Waals surface area contributed by atoms with Crippen LogP contribution in [0.3, 0.4) is 0 Å². The summed E-state index contributed by atoms with van der Waals surface area (Å²) in [5.74, 6) is 0. The first-order chi connectivity index (χ1) is 22.9. The molecule has 0 saturated carbocycles. The van der Waals surface area contributed by atoms with Crippen LogP contribution in [0.4, 0.5) is 0 Å². The fourth-order valence-electron chi connectivity index (χ4n) is 6.56. The standard InChI is InChI=1S/C40H26N2/c1-2-10-27(11-3-1)29-18-21-31(22-19-29)41-35-16-8-6-14-33(35)39-37(41)24-25-38-40(39)34-15-7-9-17-36(34)42(38)32-23-20-28-12-4-5-13-30(28)26-32/h1-26H/i1D,2D,3D,10D,11D. The van der Waals surface area contributed by atoms with Gasteiger partial charge < -0.3 is 9.13 Å². The Morgan fingerprint density at radius 2 is 0.952 bits per heavy atom. The van der Waals surface area contributed by atoms with E-state index in [9.17, 15) is 0 Å². The summed E-state index contributed by atoms with van der Waals surface area (Å²) in [6.07, 6.45) is 0. The second-order valence-corrected chi connectivity index (χ2v) is 10.6. The minimum absolute atomic E-state index is 0.202. The van der Waals surface area contributed by atoms with Crippen LogP contribution in [0, 0.1) is 0 Å². The molecule has 0 atom stereocenters. The van der Waals surface area contributed by atoms with Crippen molar-refractivity contribution in [3.05, 3.63) is 158 Å². The Kier molecular flexibility index (Phi) is 3.98. The lowest BCUT2D eigenvalue weighted by Crippen LogP contribution is -1.95. The minimum atomic E-state index is -0.390. The van der Waals surface area contributed by atoms with Crippen LogP contribution in [0.5, 0.6) is 0 Å². The average Bonchev–Trinajstić information content (AvgIpc) is 3.63. The van der Waals surface area contributed by atoms with Gasteiger partial charge in [-0.1, -0.05) is 109 Å². The molecule has 2 nitrogen and oxygen atoms in total. The first-order valence-corrected chi connectivity index (χ1v) is 14.0. The molecule has 2 heteroatoms. The van der Waals surface area contributed by atoms with Gasteiger partial charge in [0.1, 0.15) is 0 Å². The highest BCUT2D eigenvalue weighted by molar-refractivity contribution is 6.28. The monoisotopic (exact) mass is 539 g/mol. The minimum Gasteiger partial charge on any atom is -0.309 e. The molecule has 2 aromatic heterocycles. The molecule has 0 aliphatic heterocycles. The van der Waals surface area contributed by atoms with Gasteiger partial charge in [-0.2, -0.15) is 0 Å². The Morgan fingerprint density at radius 3 is 1.62 bits per heavy atom. The van der Waals surface area contributed by atoms with E-state index < -0.39 is 0 Å². The molecule has 0 radical (unpaired) electrons. The lowest BCUT2D eigenvalue weighted by molar-refractivity contribution is 1.17. The molecule has 0 bridgehead atoms. The molecule has 0 aliphatic rings. The van der Waals surface area contributed by atoms with Gasteiger partial charge in [0.05, 0.1) is 28.9 Å². The highest BCUT2D eigenvalue weighted by Gasteiger charge is 2.20. The third kappa shape index (κ3) is 3.33. The number of aromatic nitrogens is 2. The molecule has 42 heavy (non-hydrogen) atoms. The van der Waals surface area contributed by atoms with Gasteiger partial charge in [0.25, 0.3) is 0 Å². The van der Waals surface area contributed by atoms with Crippen molar-refractivity contribution in [2.24, 2.45) is 0 Å². The zero-order valence-electron chi connectivity index (χ0n) is 27.5. The van der Waals surface area contributed by atoms with Crippen LogP contribution < -0.4 is 0 Å². The molecule has 0 saturated heterocycles. The maximum Gasteiger partial charge on any atom is 0.0629 e. The smallest absolute Gasteiger partial charge is 0.0629 e. The van der Waals surface area contributed by atoms with Gasteiger partial charge in [-0.15, -0.1) is 0 Å². The largest absolute Gasteiger partial charge is 0.309 e. The number of para-hydroxylation sites is 2. The van der Waals surface area contributed by atoms with Crippen LogP contribution in [-0.4, -0.2) is 9.13 Å². The first-order valence-electron chi connectivity index (χ1n) is 16.5. The van der Waals surface area contributed by atoms with E-state index in [0.29, 0.717) is 5.56 Å². The summed E-state index contributed by atoms with van der Waals surface area (Å²) in [5.41, 5.74) is 7.22. The van der Waals surface area contributed by atoms with Crippen molar-refractivity contribution in [2.45, 2.75) is 0 Å². The summed E-state index contributed by atoms with van der Waals surface area (Å²) < 4.78 is 45.7. The van der Waals surface area contributed by atoms with Crippen LogP contribution in [0.1, 0.15) is 6.85 Å². The Labute approximate surface area is 250 Å². The van der Waals surface area contributed by atoms with E-state index in [2.05, 4.69) is 106 Å². The van der Waals surface area contributed by atoms with E-state index in [-0.39, 0.29) is 35.8 Å². The fraction of sp³-hybridized carbons (Fsp3) is 0. The summed E-state index contributed by atoms with van der Waals surface area (Å²) >= 11 is 0. The van der Waals surface area contributed by atoms with Gasteiger partial charge >= 0.3 is 0 Å². The van der Waals surface area contributed by atoms with Gasteiger partial charge in [0, 0.05) is 32.9 Å². The molecule has 7 aromatic carbocycles. The van der Waals surface area contributed by atoms with E-state index in [1.165, 1.54) is 26.9 Å². The summed E-state index contributed by atoms with van der Waals surface area (Å²) in [6, 6.07) is 42.6. The SMILES string of the molecule is [2H]c1c([2H])c([2H])c(-c2ccc(-n3c4ccccc4c4c5c6ccccc6n(-c6ccc7ccccc7c6)c5ccc43)cc2)c([2H])c1[2H]. The summed E-state index contributed by atoms with van der Waals surface area (Å²) in [7, 11) is 0. The first kappa shape index (κ1) is 18.7. The summed E-state index contributed by atoms with van der Waals surface area (Å²) in [5, 5.41) is 7.09. The van der Waals surface area contributed by atoms with Gasteiger partial charge in [-0.25, -0.2) is 0 Å². The molecule has 0 spiro atoms. The topological polar surface area (TPSA) is 9.86 Å². The van der Waals surface area contributed by atoms with Crippen molar-refractivity contribution in [1.82, 2.24) is 9.13 Å². The third-order valence-electron chi connectivity index (χ3n) is 8.38. The van der Waals surface area contributed by atoms with Gasteiger partial charge in [-0.3, -0.25) is 0 Å². The highest BCUT2D eigenvalue weighted by Crippen LogP contribution is 2.42. The molecule has 9 rings (SSSR count). The maximum absolute atomic E-state index is 8.45. The van der Waals surface area contributed by atoms with Gasteiger partial charge in [-0.05, 0) is 70.4 Å². The molecular formula is C40H26N2. The average molecular weight is 540 g/mol. The lowest BCUT2D eigenvalue weighted by atomic mass is 10.1. The normalized spacial score (nSPS) is 13.5. The molecule has 0 unspecified atom stereocenters. The van der Waals surface area contributed by atoms with Gasteiger partial charge in [0.2, 0.25) is 0 Å². The third-order valence-corrected chi connectivity index (χ3v) is 8.38. The lowest BCUT2D eigenvalue weighted by Gasteiger charge is -2.11. The van der Waals surface area contributed by atoms with Crippen molar-refractivity contribution < 1.29 is 6.85 Å². The predicted octanol–water partition coefficient (Wildman–Crippen LogP) is 10.7. The molecule has 0 amide bonds. The summed E-state index contributed by atoms with van der Waals surface area (Å²) in [6.45, 7) is 0. The maximum atomic E-state index is 8.45. The number of hydrogen-bond acceptors (Lipinski definition) is 0. The zero-order valence-corrected chi connectivity index (χ0v) is 22.5. The van der Waals surface area contributed by atoms with Gasteiger partial charge in [0.15, 0.2) is 0 Å². The van der Waals surface area contributed by atoms with Crippen molar-refractivity contribution in [2.75, 3.05) is 0 Å². The van der Waals surface area contributed by atoms with E-state index in [1.807, 2.05) is 30.3 Å². The van der Waals surface area contributed by atoms with E-state index >= 15 is 0 Å².